The second-order valence-electron chi connectivity index (χ2n) is 5.59. The van der Waals surface area contributed by atoms with Gasteiger partial charge < -0.3 is 10.1 Å². The second-order valence-corrected chi connectivity index (χ2v) is 6.00. The van der Waals surface area contributed by atoms with Crippen molar-refractivity contribution in [2.24, 2.45) is 0 Å². The van der Waals surface area contributed by atoms with Crippen molar-refractivity contribution >= 4 is 17.5 Å². The minimum atomic E-state index is -0.516. The quantitative estimate of drug-likeness (QED) is 0.850. The molecule has 4 heteroatoms. The summed E-state index contributed by atoms with van der Waals surface area (Å²) in [7, 11) is 0. The van der Waals surface area contributed by atoms with Crippen molar-refractivity contribution in [2.45, 2.75) is 39.8 Å². The predicted octanol–water partition coefficient (Wildman–Crippen LogP) is 4.43. The highest BCUT2D eigenvalue weighted by Gasteiger charge is 2.19. The predicted molar refractivity (Wildman–Crippen MR) is 93.9 cm³/mol. The zero-order valence-electron chi connectivity index (χ0n) is 13.7. The third kappa shape index (κ3) is 4.73. The largest absolute Gasteiger partial charge is 0.480 e. The lowest BCUT2D eigenvalue weighted by molar-refractivity contribution is -0.128. The summed E-state index contributed by atoms with van der Waals surface area (Å²) in [5, 5.41) is 3.55. The fraction of sp³-hybridized carbons (Fsp3) is 0.316. The molecule has 0 radical (unpaired) electrons. The van der Waals surface area contributed by atoms with Crippen LogP contribution in [0.25, 0.3) is 0 Å². The van der Waals surface area contributed by atoms with E-state index in [1.54, 1.807) is 0 Å². The standard InChI is InChI=1S/C19H22ClNO2/c1-4-17(23-18-11-13(2)9-10-14(18)3)19(22)21-12-15-7-5-6-8-16(15)20/h5-11,17H,4,12H2,1-3H3,(H,21,22). The van der Waals surface area contributed by atoms with Gasteiger partial charge in [-0.3, -0.25) is 4.79 Å². The van der Waals surface area contributed by atoms with Gasteiger partial charge in [0, 0.05) is 11.6 Å². The molecule has 0 aliphatic rings. The molecule has 122 valence electrons. The first-order valence-electron chi connectivity index (χ1n) is 7.76. The molecule has 3 nitrogen and oxygen atoms in total. The van der Waals surface area contributed by atoms with Gasteiger partial charge in [-0.05, 0) is 49.1 Å². The molecule has 2 aromatic rings. The fourth-order valence-corrected chi connectivity index (χ4v) is 2.45. The Hall–Kier alpha value is -2.00. The smallest absolute Gasteiger partial charge is 0.261 e. The van der Waals surface area contributed by atoms with Crippen molar-refractivity contribution in [3.63, 3.8) is 0 Å². The van der Waals surface area contributed by atoms with Crippen LogP contribution in [0.4, 0.5) is 0 Å². The average Bonchev–Trinajstić information content (AvgIpc) is 2.54. The fourth-order valence-electron chi connectivity index (χ4n) is 2.25. The minimum Gasteiger partial charge on any atom is -0.480 e. The number of carbonyl (C=O) groups is 1. The van der Waals surface area contributed by atoms with Crippen molar-refractivity contribution in [1.82, 2.24) is 5.32 Å². The Labute approximate surface area is 142 Å². The van der Waals surface area contributed by atoms with Crippen LogP contribution in [0.1, 0.15) is 30.0 Å². The third-order valence-electron chi connectivity index (χ3n) is 3.69. The number of hydrogen-bond donors (Lipinski definition) is 1. The maximum Gasteiger partial charge on any atom is 0.261 e. The lowest BCUT2D eigenvalue weighted by Crippen LogP contribution is -2.37. The van der Waals surface area contributed by atoms with Crippen molar-refractivity contribution in [1.29, 1.82) is 0 Å². The second kappa shape index (κ2) is 8.02. The van der Waals surface area contributed by atoms with Gasteiger partial charge in [-0.2, -0.15) is 0 Å². The molecule has 1 amide bonds. The number of halogens is 1. The van der Waals surface area contributed by atoms with Crippen LogP contribution in [0.15, 0.2) is 42.5 Å². The summed E-state index contributed by atoms with van der Waals surface area (Å²) in [5.74, 6) is 0.623. The van der Waals surface area contributed by atoms with Gasteiger partial charge in [-0.25, -0.2) is 0 Å². The van der Waals surface area contributed by atoms with E-state index in [2.05, 4.69) is 5.32 Å². The molecule has 0 saturated heterocycles. The van der Waals surface area contributed by atoms with Crippen LogP contribution in [-0.4, -0.2) is 12.0 Å². The van der Waals surface area contributed by atoms with Gasteiger partial charge in [0.05, 0.1) is 0 Å². The van der Waals surface area contributed by atoms with E-state index in [0.29, 0.717) is 18.0 Å². The van der Waals surface area contributed by atoms with E-state index < -0.39 is 6.10 Å². The summed E-state index contributed by atoms with van der Waals surface area (Å²) >= 11 is 6.11. The molecule has 0 aliphatic carbocycles. The molecule has 0 heterocycles. The van der Waals surface area contributed by atoms with E-state index in [1.807, 2.05) is 63.2 Å². The van der Waals surface area contributed by atoms with E-state index in [4.69, 9.17) is 16.3 Å². The van der Waals surface area contributed by atoms with Crippen molar-refractivity contribution in [3.05, 3.63) is 64.2 Å². The third-order valence-corrected chi connectivity index (χ3v) is 4.06. The molecule has 0 saturated carbocycles. The number of hydrogen-bond acceptors (Lipinski definition) is 2. The van der Waals surface area contributed by atoms with E-state index in [-0.39, 0.29) is 5.91 Å². The first-order valence-corrected chi connectivity index (χ1v) is 8.14. The highest BCUT2D eigenvalue weighted by molar-refractivity contribution is 6.31. The van der Waals surface area contributed by atoms with Crippen molar-refractivity contribution in [3.8, 4) is 5.75 Å². The van der Waals surface area contributed by atoms with E-state index in [0.717, 1.165) is 22.4 Å². The summed E-state index contributed by atoms with van der Waals surface area (Å²) in [6, 6.07) is 13.5. The molecule has 23 heavy (non-hydrogen) atoms. The van der Waals surface area contributed by atoms with Gasteiger partial charge in [0.25, 0.3) is 5.91 Å². The zero-order valence-corrected chi connectivity index (χ0v) is 14.5. The van der Waals surface area contributed by atoms with E-state index in [9.17, 15) is 4.79 Å². The highest BCUT2D eigenvalue weighted by atomic mass is 35.5. The van der Waals surface area contributed by atoms with Crippen LogP contribution >= 0.6 is 11.6 Å². The monoisotopic (exact) mass is 331 g/mol. The van der Waals surface area contributed by atoms with Crippen LogP contribution in [0, 0.1) is 13.8 Å². The Kier molecular flexibility index (Phi) is 6.05. The summed E-state index contributed by atoms with van der Waals surface area (Å²) in [6.45, 7) is 6.31. The Morgan fingerprint density at radius 1 is 1.22 bits per heavy atom. The van der Waals surface area contributed by atoms with Gasteiger partial charge in [-0.1, -0.05) is 48.9 Å². The van der Waals surface area contributed by atoms with Crippen molar-refractivity contribution < 1.29 is 9.53 Å². The van der Waals surface area contributed by atoms with Gasteiger partial charge in [0.15, 0.2) is 6.10 Å². The molecule has 0 spiro atoms. The summed E-state index contributed by atoms with van der Waals surface area (Å²) in [4.78, 5) is 12.4. The number of amides is 1. The Morgan fingerprint density at radius 2 is 1.96 bits per heavy atom. The molecule has 0 fully saturated rings. The van der Waals surface area contributed by atoms with Gasteiger partial charge in [0.2, 0.25) is 0 Å². The molecular formula is C19H22ClNO2. The molecule has 0 bridgehead atoms. The lowest BCUT2D eigenvalue weighted by Gasteiger charge is -2.19. The Bertz CT molecular complexity index is 685. The number of nitrogens with one attached hydrogen (secondary N) is 1. The van der Waals surface area contributed by atoms with Crippen LogP contribution in [0.5, 0.6) is 5.75 Å². The van der Waals surface area contributed by atoms with Crippen LogP contribution in [0.3, 0.4) is 0 Å². The minimum absolute atomic E-state index is 0.131. The van der Waals surface area contributed by atoms with Crippen LogP contribution < -0.4 is 10.1 Å². The summed E-state index contributed by atoms with van der Waals surface area (Å²) in [6.07, 6.45) is 0.0832. The molecular weight excluding hydrogens is 310 g/mol. The first kappa shape index (κ1) is 17.4. The summed E-state index contributed by atoms with van der Waals surface area (Å²) < 4.78 is 5.91. The molecule has 0 aliphatic heterocycles. The van der Waals surface area contributed by atoms with Gasteiger partial charge in [0.1, 0.15) is 5.75 Å². The molecule has 1 unspecified atom stereocenters. The number of rotatable bonds is 6. The summed E-state index contributed by atoms with van der Waals surface area (Å²) in [5.41, 5.74) is 3.02. The van der Waals surface area contributed by atoms with Crippen LogP contribution in [-0.2, 0) is 11.3 Å². The molecule has 2 rings (SSSR count). The Morgan fingerprint density at radius 3 is 2.65 bits per heavy atom. The molecule has 0 aromatic heterocycles. The lowest BCUT2D eigenvalue weighted by atomic mass is 10.1. The van der Waals surface area contributed by atoms with Crippen LogP contribution in [0.2, 0.25) is 5.02 Å². The molecule has 1 atom stereocenters. The number of ether oxygens (including phenoxy) is 1. The normalized spacial score (nSPS) is 11.8. The van der Waals surface area contributed by atoms with Gasteiger partial charge >= 0.3 is 0 Å². The average molecular weight is 332 g/mol. The number of aryl methyl sites for hydroxylation is 2. The number of benzene rings is 2. The first-order chi connectivity index (χ1) is 11.0. The van der Waals surface area contributed by atoms with E-state index >= 15 is 0 Å². The topological polar surface area (TPSA) is 38.3 Å². The van der Waals surface area contributed by atoms with E-state index in [1.165, 1.54) is 0 Å². The molecule has 1 N–H and O–H groups in total. The highest BCUT2D eigenvalue weighted by Crippen LogP contribution is 2.21. The zero-order chi connectivity index (χ0) is 16.8. The molecule has 2 aromatic carbocycles. The Balaban J connectivity index is 2.01. The SMILES string of the molecule is CCC(Oc1cc(C)ccc1C)C(=O)NCc1ccccc1Cl. The van der Waals surface area contributed by atoms with Gasteiger partial charge in [-0.15, -0.1) is 0 Å². The number of carbonyl (C=O) groups excluding carboxylic acids is 1. The van der Waals surface area contributed by atoms with Crippen molar-refractivity contribution in [2.75, 3.05) is 0 Å². The maximum atomic E-state index is 12.4. The maximum absolute atomic E-state index is 12.4.